The first-order chi connectivity index (χ1) is 12.1. The molecule has 1 amide bonds. The SMILES string of the molecule is O=C(O)CCCN(Cc1ccccc1)C(=O)c1ccc2c(c1)OCO2. The molecule has 0 spiro atoms. The molecule has 0 bridgehead atoms. The third-order valence-electron chi connectivity index (χ3n) is 3.94. The fourth-order valence-corrected chi connectivity index (χ4v) is 2.69. The number of hydrogen-bond donors (Lipinski definition) is 1. The maximum absolute atomic E-state index is 12.9. The molecule has 1 heterocycles. The van der Waals surface area contributed by atoms with E-state index in [1.165, 1.54) is 0 Å². The van der Waals surface area contributed by atoms with E-state index in [1.54, 1.807) is 23.1 Å². The second-order valence-electron chi connectivity index (χ2n) is 5.78. The summed E-state index contributed by atoms with van der Waals surface area (Å²) < 4.78 is 10.6. The normalized spacial score (nSPS) is 12.0. The lowest BCUT2D eigenvalue weighted by molar-refractivity contribution is -0.137. The van der Waals surface area contributed by atoms with Crippen molar-refractivity contribution in [2.45, 2.75) is 19.4 Å². The van der Waals surface area contributed by atoms with Crippen LogP contribution in [-0.4, -0.2) is 35.2 Å². The zero-order chi connectivity index (χ0) is 17.6. The van der Waals surface area contributed by atoms with Crippen LogP contribution in [0.1, 0.15) is 28.8 Å². The molecule has 6 nitrogen and oxygen atoms in total. The van der Waals surface area contributed by atoms with E-state index in [0.29, 0.717) is 36.6 Å². The molecule has 2 aromatic rings. The van der Waals surface area contributed by atoms with Gasteiger partial charge >= 0.3 is 5.97 Å². The van der Waals surface area contributed by atoms with Gasteiger partial charge in [-0.25, -0.2) is 0 Å². The molecule has 0 saturated heterocycles. The molecule has 25 heavy (non-hydrogen) atoms. The number of carboxylic acid groups (broad SMARTS) is 1. The van der Waals surface area contributed by atoms with Crippen molar-refractivity contribution in [2.24, 2.45) is 0 Å². The third kappa shape index (κ3) is 4.29. The van der Waals surface area contributed by atoms with Gasteiger partial charge in [0.1, 0.15) is 0 Å². The molecule has 130 valence electrons. The number of amides is 1. The summed E-state index contributed by atoms with van der Waals surface area (Å²) in [6, 6.07) is 14.7. The van der Waals surface area contributed by atoms with Crippen LogP contribution >= 0.6 is 0 Å². The Balaban J connectivity index is 1.77. The first-order valence-corrected chi connectivity index (χ1v) is 8.08. The van der Waals surface area contributed by atoms with Crippen LogP contribution in [0, 0.1) is 0 Å². The lowest BCUT2D eigenvalue weighted by Crippen LogP contribution is -2.31. The summed E-state index contributed by atoms with van der Waals surface area (Å²) in [4.78, 5) is 25.3. The monoisotopic (exact) mass is 341 g/mol. The van der Waals surface area contributed by atoms with Gasteiger partial charge in [-0.05, 0) is 30.2 Å². The highest BCUT2D eigenvalue weighted by atomic mass is 16.7. The van der Waals surface area contributed by atoms with Crippen molar-refractivity contribution in [1.82, 2.24) is 4.90 Å². The van der Waals surface area contributed by atoms with E-state index in [-0.39, 0.29) is 19.1 Å². The number of carbonyl (C=O) groups is 2. The van der Waals surface area contributed by atoms with Crippen molar-refractivity contribution in [2.75, 3.05) is 13.3 Å². The number of hydrogen-bond acceptors (Lipinski definition) is 4. The lowest BCUT2D eigenvalue weighted by Gasteiger charge is -2.23. The molecule has 0 saturated carbocycles. The number of carboxylic acids is 1. The van der Waals surface area contributed by atoms with Crippen LogP contribution < -0.4 is 9.47 Å². The number of aliphatic carboxylic acids is 1. The van der Waals surface area contributed by atoms with Crippen LogP contribution in [0.5, 0.6) is 11.5 Å². The van der Waals surface area contributed by atoms with E-state index in [9.17, 15) is 9.59 Å². The van der Waals surface area contributed by atoms with Gasteiger partial charge in [-0.3, -0.25) is 9.59 Å². The highest BCUT2D eigenvalue weighted by Gasteiger charge is 2.20. The van der Waals surface area contributed by atoms with Crippen LogP contribution in [0.4, 0.5) is 0 Å². The molecule has 3 rings (SSSR count). The Morgan fingerprint density at radius 3 is 2.56 bits per heavy atom. The second kappa shape index (κ2) is 7.70. The highest BCUT2D eigenvalue weighted by molar-refractivity contribution is 5.95. The van der Waals surface area contributed by atoms with Gasteiger partial charge in [0.2, 0.25) is 6.79 Å². The summed E-state index contributed by atoms with van der Waals surface area (Å²) in [5, 5.41) is 8.84. The van der Waals surface area contributed by atoms with Crippen LogP contribution in [0.2, 0.25) is 0 Å². The standard InChI is InChI=1S/C19H19NO5/c21-18(22)7-4-10-20(12-14-5-2-1-3-6-14)19(23)15-8-9-16-17(11-15)25-13-24-16/h1-3,5-6,8-9,11H,4,7,10,12-13H2,(H,21,22). The molecule has 0 radical (unpaired) electrons. The first kappa shape index (κ1) is 16.8. The lowest BCUT2D eigenvalue weighted by atomic mass is 10.1. The predicted molar refractivity (Wildman–Crippen MR) is 90.6 cm³/mol. The van der Waals surface area contributed by atoms with Gasteiger partial charge in [-0.1, -0.05) is 30.3 Å². The van der Waals surface area contributed by atoms with Gasteiger partial charge in [0.25, 0.3) is 5.91 Å². The molecular weight excluding hydrogens is 322 g/mol. The fraction of sp³-hybridized carbons (Fsp3) is 0.263. The molecule has 1 N–H and O–H groups in total. The van der Waals surface area contributed by atoms with E-state index in [1.807, 2.05) is 30.3 Å². The molecule has 1 aliphatic rings. The van der Waals surface area contributed by atoms with Gasteiger partial charge in [-0.2, -0.15) is 0 Å². The fourth-order valence-electron chi connectivity index (χ4n) is 2.69. The summed E-state index contributed by atoms with van der Waals surface area (Å²) in [6.07, 6.45) is 0.429. The minimum atomic E-state index is -0.866. The van der Waals surface area contributed by atoms with Crippen molar-refractivity contribution in [3.8, 4) is 11.5 Å². The Bertz CT molecular complexity index is 760. The van der Waals surface area contributed by atoms with Gasteiger partial charge in [-0.15, -0.1) is 0 Å². The predicted octanol–water partition coefficient (Wildman–Crippen LogP) is 2.92. The molecule has 0 aliphatic carbocycles. The Kier molecular flexibility index (Phi) is 5.18. The third-order valence-corrected chi connectivity index (χ3v) is 3.94. The Labute approximate surface area is 145 Å². The van der Waals surface area contributed by atoms with Crippen LogP contribution in [0.15, 0.2) is 48.5 Å². The maximum Gasteiger partial charge on any atom is 0.303 e. The zero-order valence-corrected chi connectivity index (χ0v) is 13.7. The first-order valence-electron chi connectivity index (χ1n) is 8.08. The van der Waals surface area contributed by atoms with Crippen molar-refractivity contribution >= 4 is 11.9 Å². The number of benzene rings is 2. The van der Waals surface area contributed by atoms with Gasteiger partial charge in [0.05, 0.1) is 0 Å². The largest absolute Gasteiger partial charge is 0.481 e. The number of carbonyl (C=O) groups excluding carboxylic acids is 1. The summed E-state index contributed by atoms with van der Waals surface area (Å²) in [7, 11) is 0. The number of fused-ring (bicyclic) bond motifs is 1. The Morgan fingerprint density at radius 1 is 1.04 bits per heavy atom. The summed E-state index contributed by atoms with van der Waals surface area (Å²) >= 11 is 0. The Hall–Kier alpha value is -3.02. The van der Waals surface area contributed by atoms with Crippen LogP contribution in [0.25, 0.3) is 0 Å². The van der Waals surface area contributed by atoms with Crippen LogP contribution in [0.3, 0.4) is 0 Å². The van der Waals surface area contributed by atoms with Gasteiger partial charge in [0, 0.05) is 25.1 Å². The van der Waals surface area contributed by atoms with Crippen molar-refractivity contribution in [1.29, 1.82) is 0 Å². The smallest absolute Gasteiger partial charge is 0.303 e. The molecule has 0 fully saturated rings. The van der Waals surface area contributed by atoms with E-state index in [0.717, 1.165) is 5.56 Å². The summed E-state index contributed by atoms with van der Waals surface area (Å²) in [6.45, 7) is 0.946. The van der Waals surface area contributed by atoms with Crippen molar-refractivity contribution in [3.63, 3.8) is 0 Å². The minimum Gasteiger partial charge on any atom is -0.481 e. The van der Waals surface area contributed by atoms with Gasteiger partial charge in [0.15, 0.2) is 11.5 Å². The molecule has 2 aromatic carbocycles. The average Bonchev–Trinajstić information content (AvgIpc) is 3.08. The zero-order valence-electron chi connectivity index (χ0n) is 13.7. The maximum atomic E-state index is 12.9. The van der Waals surface area contributed by atoms with Crippen molar-refractivity contribution in [3.05, 3.63) is 59.7 Å². The molecule has 6 heteroatoms. The number of ether oxygens (including phenoxy) is 2. The molecule has 1 aliphatic heterocycles. The van der Waals surface area contributed by atoms with Crippen LogP contribution in [-0.2, 0) is 11.3 Å². The highest BCUT2D eigenvalue weighted by Crippen LogP contribution is 2.33. The van der Waals surface area contributed by atoms with E-state index in [4.69, 9.17) is 14.6 Å². The van der Waals surface area contributed by atoms with Crippen molar-refractivity contribution < 1.29 is 24.2 Å². The molecule has 0 unspecified atom stereocenters. The minimum absolute atomic E-state index is 0.0275. The average molecular weight is 341 g/mol. The van der Waals surface area contributed by atoms with E-state index in [2.05, 4.69) is 0 Å². The van der Waals surface area contributed by atoms with E-state index < -0.39 is 5.97 Å². The van der Waals surface area contributed by atoms with E-state index >= 15 is 0 Å². The summed E-state index contributed by atoms with van der Waals surface area (Å²) in [5.74, 6) is 0.149. The molecule has 0 aromatic heterocycles. The second-order valence-corrected chi connectivity index (χ2v) is 5.78. The summed E-state index contributed by atoms with van der Waals surface area (Å²) in [5.41, 5.74) is 1.49. The van der Waals surface area contributed by atoms with Gasteiger partial charge < -0.3 is 19.5 Å². The Morgan fingerprint density at radius 2 is 1.80 bits per heavy atom. The topological polar surface area (TPSA) is 76.1 Å². The quantitative estimate of drug-likeness (QED) is 0.838. The molecule has 0 atom stereocenters. The number of rotatable bonds is 7. The molecular formula is C19H19NO5. The number of nitrogens with zero attached hydrogens (tertiary/aromatic N) is 1.